The molecule has 3 amide bonds. The van der Waals surface area contributed by atoms with Crippen LogP contribution in [-0.4, -0.2) is 43.1 Å². The summed E-state index contributed by atoms with van der Waals surface area (Å²) >= 11 is 0. The fourth-order valence-corrected chi connectivity index (χ4v) is 4.28. The molecule has 2 aliphatic rings. The number of nitrogens with one attached hydrogen (secondary N) is 2. The van der Waals surface area contributed by atoms with E-state index in [9.17, 15) is 9.59 Å². The predicted molar refractivity (Wildman–Crippen MR) is 105 cm³/mol. The van der Waals surface area contributed by atoms with E-state index in [1.807, 2.05) is 29.2 Å². The van der Waals surface area contributed by atoms with Crippen molar-refractivity contribution in [2.75, 3.05) is 20.2 Å². The Morgan fingerprint density at radius 2 is 1.70 bits per heavy atom. The van der Waals surface area contributed by atoms with Crippen molar-refractivity contribution in [3.63, 3.8) is 0 Å². The summed E-state index contributed by atoms with van der Waals surface area (Å²) in [6, 6.07) is 8.05. The summed E-state index contributed by atoms with van der Waals surface area (Å²) < 4.78 is 5.25. The van der Waals surface area contributed by atoms with Gasteiger partial charge in [-0.2, -0.15) is 0 Å². The van der Waals surface area contributed by atoms with Gasteiger partial charge >= 0.3 is 6.03 Å². The molecule has 6 nitrogen and oxygen atoms in total. The van der Waals surface area contributed by atoms with E-state index < -0.39 is 0 Å². The molecule has 0 aromatic heterocycles. The molecule has 0 unspecified atom stereocenters. The van der Waals surface area contributed by atoms with E-state index in [4.69, 9.17) is 4.74 Å². The van der Waals surface area contributed by atoms with Gasteiger partial charge in [-0.05, 0) is 49.3 Å². The second-order valence-corrected chi connectivity index (χ2v) is 7.69. The molecule has 0 spiro atoms. The lowest BCUT2D eigenvalue weighted by Gasteiger charge is -2.32. The van der Waals surface area contributed by atoms with Crippen molar-refractivity contribution in [2.24, 2.45) is 5.92 Å². The maximum atomic E-state index is 12.7. The second-order valence-electron chi connectivity index (χ2n) is 7.69. The maximum absolute atomic E-state index is 12.7. The quantitative estimate of drug-likeness (QED) is 0.832. The van der Waals surface area contributed by atoms with Gasteiger partial charge in [0.05, 0.1) is 13.2 Å². The SMILES string of the molecule is COc1ccc([C@@H](NC(=O)NC2CCN(C(C)=O)CC2)C2CCCC2)cc1. The fraction of sp³-hybridized carbons (Fsp3) is 0.619. The summed E-state index contributed by atoms with van der Waals surface area (Å²) in [6.45, 7) is 3.02. The molecule has 1 heterocycles. The topological polar surface area (TPSA) is 70.7 Å². The predicted octanol–water partition coefficient (Wildman–Crippen LogP) is 3.24. The highest BCUT2D eigenvalue weighted by Gasteiger charge is 2.29. The first-order valence-corrected chi connectivity index (χ1v) is 10.0. The average Bonchev–Trinajstić information content (AvgIpc) is 3.21. The molecule has 148 valence electrons. The van der Waals surface area contributed by atoms with Crippen molar-refractivity contribution in [3.05, 3.63) is 29.8 Å². The third-order valence-electron chi connectivity index (χ3n) is 5.91. The van der Waals surface area contributed by atoms with Gasteiger partial charge in [-0.25, -0.2) is 4.79 Å². The van der Waals surface area contributed by atoms with Gasteiger partial charge in [0.25, 0.3) is 0 Å². The Balaban J connectivity index is 1.60. The summed E-state index contributed by atoms with van der Waals surface area (Å²) in [4.78, 5) is 25.9. The lowest BCUT2D eigenvalue weighted by molar-refractivity contribution is -0.129. The molecule has 3 rings (SSSR count). The van der Waals surface area contributed by atoms with Crippen LogP contribution in [0.25, 0.3) is 0 Å². The van der Waals surface area contributed by atoms with E-state index >= 15 is 0 Å². The van der Waals surface area contributed by atoms with Crippen LogP contribution in [0.4, 0.5) is 4.79 Å². The van der Waals surface area contributed by atoms with Crippen molar-refractivity contribution >= 4 is 11.9 Å². The summed E-state index contributed by atoms with van der Waals surface area (Å²) in [6.07, 6.45) is 6.36. The molecule has 1 atom stereocenters. The number of methoxy groups -OCH3 is 1. The Morgan fingerprint density at radius 3 is 2.26 bits per heavy atom. The fourth-order valence-electron chi connectivity index (χ4n) is 4.28. The van der Waals surface area contributed by atoms with Crippen molar-refractivity contribution in [2.45, 2.75) is 57.5 Å². The second kappa shape index (κ2) is 9.11. The van der Waals surface area contributed by atoms with Crippen molar-refractivity contribution < 1.29 is 14.3 Å². The van der Waals surface area contributed by atoms with Gasteiger partial charge in [0, 0.05) is 26.1 Å². The van der Waals surface area contributed by atoms with Gasteiger partial charge in [-0.3, -0.25) is 4.79 Å². The highest BCUT2D eigenvalue weighted by Crippen LogP contribution is 2.36. The molecule has 6 heteroatoms. The summed E-state index contributed by atoms with van der Waals surface area (Å²) in [7, 11) is 1.66. The average molecular weight is 373 g/mol. The Bertz CT molecular complexity index is 633. The Morgan fingerprint density at radius 1 is 1.07 bits per heavy atom. The lowest BCUT2D eigenvalue weighted by Crippen LogP contribution is -2.49. The number of likely N-dealkylation sites (tertiary alicyclic amines) is 1. The Hall–Kier alpha value is -2.24. The normalized spacial score (nSPS) is 19.6. The Labute approximate surface area is 161 Å². The van der Waals surface area contributed by atoms with Gasteiger partial charge in [-0.15, -0.1) is 0 Å². The highest BCUT2D eigenvalue weighted by atomic mass is 16.5. The van der Waals surface area contributed by atoms with Crippen LogP contribution in [0.5, 0.6) is 5.75 Å². The zero-order valence-electron chi connectivity index (χ0n) is 16.4. The minimum absolute atomic E-state index is 0.0238. The van der Waals surface area contributed by atoms with Gasteiger partial charge in [0.1, 0.15) is 5.75 Å². The molecule has 0 radical (unpaired) electrons. The van der Waals surface area contributed by atoms with Crippen molar-refractivity contribution in [1.82, 2.24) is 15.5 Å². The van der Waals surface area contributed by atoms with E-state index in [0.717, 1.165) is 37.0 Å². The largest absolute Gasteiger partial charge is 0.497 e. The molecule has 2 N–H and O–H groups in total. The number of hydrogen-bond acceptors (Lipinski definition) is 3. The molecule has 1 aliphatic heterocycles. The number of amides is 3. The molecule has 1 saturated heterocycles. The molecule has 0 bridgehead atoms. The number of ether oxygens (including phenoxy) is 1. The zero-order valence-corrected chi connectivity index (χ0v) is 16.4. The molecule has 1 saturated carbocycles. The van der Waals surface area contributed by atoms with Crippen molar-refractivity contribution in [3.8, 4) is 5.75 Å². The van der Waals surface area contributed by atoms with Crippen LogP contribution >= 0.6 is 0 Å². The number of nitrogens with zero attached hydrogens (tertiary/aromatic N) is 1. The molecular formula is C21H31N3O3. The number of benzene rings is 1. The first-order chi connectivity index (χ1) is 13.1. The molecular weight excluding hydrogens is 342 g/mol. The van der Waals surface area contributed by atoms with Gasteiger partial charge < -0.3 is 20.3 Å². The van der Waals surface area contributed by atoms with E-state index in [1.54, 1.807) is 14.0 Å². The standard InChI is InChI=1S/C21H31N3O3/c1-15(25)24-13-11-18(12-14-24)22-21(26)23-20(16-5-3-4-6-16)17-7-9-19(27-2)10-8-17/h7-10,16,18,20H,3-6,11-14H2,1-2H3,(H2,22,23,26)/t20-/m0/s1. The first kappa shape index (κ1) is 19.5. The number of carbonyl (C=O) groups excluding carboxylic acids is 2. The Kier molecular flexibility index (Phi) is 6.58. The molecule has 2 fully saturated rings. The van der Waals surface area contributed by atoms with Gasteiger partial charge in [-0.1, -0.05) is 25.0 Å². The first-order valence-electron chi connectivity index (χ1n) is 10.0. The van der Waals surface area contributed by atoms with Crippen molar-refractivity contribution in [1.29, 1.82) is 0 Å². The number of piperidine rings is 1. The minimum Gasteiger partial charge on any atom is -0.497 e. The number of hydrogen-bond donors (Lipinski definition) is 2. The van der Waals surface area contributed by atoms with E-state index in [0.29, 0.717) is 19.0 Å². The van der Waals surface area contributed by atoms with Crippen LogP contribution in [0.15, 0.2) is 24.3 Å². The zero-order chi connectivity index (χ0) is 19.2. The molecule has 1 aromatic carbocycles. The van der Waals surface area contributed by atoms with Crippen LogP contribution in [0, 0.1) is 5.92 Å². The third kappa shape index (κ3) is 5.15. The monoisotopic (exact) mass is 373 g/mol. The molecule has 1 aromatic rings. The molecule has 27 heavy (non-hydrogen) atoms. The maximum Gasteiger partial charge on any atom is 0.315 e. The van der Waals surface area contributed by atoms with Crippen LogP contribution in [-0.2, 0) is 4.79 Å². The van der Waals surface area contributed by atoms with Crippen LogP contribution in [0.2, 0.25) is 0 Å². The van der Waals surface area contributed by atoms with Crippen LogP contribution in [0.1, 0.15) is 57.1 Å². The highest BCUT2D eigenvalue weighted by molar-refractivity contribution is 5.75. The van der Waals surface area contributed by atoms with Gasteiger partial charge in [0.2, 0.25) is 5.91 Å². The summed E-state index contributed by atoms with van der Waals surface area (Å²) in [5.74, 6) is 1.41. The lowest BCUT2D eigenvalue weighted by atomic mass is 9.91. The number of rotatable bonds is 5. The number of urea groups is 1. The van der Waals surface area contributed by atoms with Crippen LogP contribution in [0.3, 0.4) is 0 Å². The third-order valence-corrected chi connectivity index (χ3v) is 5.91. The van der Waals surface area contributed by atoms with Gasteiger partial charge in [0.15, 0.2) is 0 Å². The number of carbonyl (C=O) groups is 2. The summed E-state index contributed by atoms with van der Waals surface area (Å²) in [5.41, 5.74) is 1.13. The smallest absolute Gasteiger partial charge is 0.315 e. The van der Waals surface area contributed by atoms with E-state index in [-0.39, 0.29) is 24.0 Å². The van der Waals surface area contributed by atoms with E-state index in [2.05, 4.69) is 10.6 Å². The summed E-state index contributed by atoms with van der Waals surface area (Å²) in [5, 5.41) is 6.33. The minimum atomic E-state index is -0.107. The molecule has 1 aliphatic carbocycles. The van der Waals surface area contributed by atoms with Crippen LogP contribution < -0.4 is 15.4 Å². The van der Waals surface area contributed by atoms with E-state index in [1.165, 1.54) is 12.8 Å².